The molecule has 1 aromatic rings. The summed E-state index contributed by atoms with van der Waals surface area (Å²) in [5, 5.41) is 6.72. The van der Waals surface area contributed by atoms with Crippen molar-refractivity contribution in [1.29, 1.82) is 0 Å². The molecule has 1 saturated heterocycles. The van der Waals surface area contributed by atoms with Crippen molar-refractivity contribution in [3.05, 3.63) is 18.2 Å². The summed E-state index contributed by atoms with van der Waals surface area (Å²) in [5.74, 6) is 1.86. The molecule has 0 saturated carbocycles. The average Bonchev–Trinajstić information content (AvgIpc) is 2.73. The Labute approximate surface area is 103 Å². The van der Waals surface area contributed by atoms with E-state index in [1.54, 1.807) is 0 Å². The molecule has 1 aliphatic rings. The predicted octanol–water partition coefficient (Wildman–Crippen LogP) is 2.49. The summed E-state index contributed by atoms with van der Waals surface area (Å²) in [6.45, 7) is 6.04. The minimum atomic E-state index is 0.268. The standard InChI is InChI=1S/C13H21N3O/c1-3-8-14-12-5-4-6-13(16-12)15-11-7-9-17-10(11)2/h4-6,10-11H,3,7-9H2,1-2H3,(H2,14,15,16). The van der Waals surface area contributed by atoms with Gasteiger partial charge in [0.25, 0.3) is 0 Å². The van der Waals surface area contributed by atoms with Gasteiger partial charge in [-0.3, -0.25) is 0 Å². The second-order valence-electron chi connectivity index (χ2n) is 4.45. The molecule has 2 rings (SSSR count). The van der Waals surface area contributed by atoms with E-state index in [0.29, 0.717) is 6.04 Å². The zero-order chi connectivity index (χ0) is 12.1. The first kappa shape index (κ1) is 12.2. The van der Waals surface area contributed by atoms with Crippen LogP contribution >= 0.6 is 0 Å². The van der Waals surface area contributed by atoms with E-state index >= 15 is 0 Å². The van der Waals surface area contributed by atoms with Crippen molar-refractivity contribution < 1.29 is 4.74 Å². The number of anilines is 2. The largest absolute Gasteiger partial charge is 0.376 e. The van der Waals surface area contributed by atoms with Crippen molar-refractivity contribution in [2.24, 2.45) is 0 Å². The fourth-order valence-corrected chi connectivity index (χ4v) is 1.98. The molecule has 1 fully saturated rings. The van der Waals surface area contributed by atoms with Gasteiger partial charge in [-0.2, -0.15) is 0 Å². The van der Waals surface area contributed by atoms with Crippen LogP contribution < -0.4 is 10.6 Å². The smallest absolute Gasteiger partial charge is 0.128 e. The van der Waals surface area contributed by atoms with Crippen molar-refractivity contribution in [1.82, 2.24) is 4.98 Å². The van der Waals surface area contributed by atoms with Crippen molar-refractivity contribution in [3.8, 4) is 0 Å². The SMILES string of the molecule is CCCNc1cccc(NC2CCOC2C)n1. The summed E-state index contributed by atoms with van der Waals surface area (Å²) in [5.41, 5.74) is 0. The van der Waals surface area contributed by atoms with Gasteiger partial charge < -0.3 is 15.4 Å². The molecule has 0 amide bonds. The Balaban J connectivity index is 1.95. The van der Waals surface area contributed by atoms with Gasteiger partial charge in [-0.15, -0.1) is 0 Å². The van der Waals surface area contributed by atoms with Crippen molar-refractivity contribution in [2.75, 3.05) is 23.8 Å². The van der Waals surface area contributed by atoms with E-state index in [1.807, 2.05) is 18.2 Å². The number of hydrogen-bond donors (Lipinski definition) is 2. The van der Waals surface area contributed by atoms with Crippen LogP contribution in [-0.2, 0) is 4.74 Å². The Hall–Kier alpha value is -1.29. The molecule has 4 nitrogen and oxygen atoms in total. The maximum absolute atomic E-state index is 5.53. The molecule has 0 radical (unpaired) electrons. The Morgan fingerprint density at radius 2 is 2.24 bits per heavy atom. The lowest BCUT2D eigenvalue weighted by Gasteiger charge is -2.17. The predicted molar refractivity (Wildman–Crippen MR) is 70.5 cm³/mol. The van der Waals surface area contributed by atoms with E-state index < -0.39 is 0 Å². The highest BCUT2D eigenvalue weighted by Crippen LogP contribution is 2.18. The quantitative estimate of drug-likeness (QED) is 0.823. The van der Waals surface area contributed by atoms with E-state index in [-0.39, 0.29) is 6.10 Å². The zero-order valence-corrected chi connectivity index (χ0v) is 10.6. The summed E-state index contributed by atoms with van der Waals surface area (Å²) in [4.78, 5) is 4.53. The van der Waals surface area contributed by atoms with E-state index in [9.17, 15) is 0 Å². The van der Waals surface area contributed by atoms with Gasteiger partial charge >= 0.3 is 0 Å². The van der Waals surface area contributed by atoms with Gasteiger partial charge in [-0.25, -0.2) is 4.98 Å². The molecule has 2 N–H and O–H groups in total. The lowest BCUT2D eigenvalue weighted by Crippen LogP contribution is -2.27. The molecule has 2 heterocycles. The van der Waals surface area contributed by atoms with Crippen LogP contribution in [0.4, 0.5) is 11.6 Å². The zero-order valence-electron chi connectivity index (χ0n) is 10.6. The van der Waals surface area contributed by atoms with Gasteiger partial charge in [0.2, 0.25) is 0 Å². The van der Waals surface area contributed by atoms with Crippen LogP contribution in [-0.4, -0.2) is 30.3 Å². The Kier molecular flexibility index (Phi) is 4.20. The number of nitrogens with zero attached hydrogens (tertiary/aromatic N) is 1. The van der Waals surface area contributed by atoms with Gasteiger partial charge in [-0.1, -0.05) is 13.0 Å². The second-order valence-corrected chi connectivity index (χ2v) is 4.45. The molecule has 0 aliphatic carbocycles. The highest BCUT2D eigenvalue weighted by molar-refractivity contribution is 5.45. The van der Waals surface area contributed by atoms with Crippen LogP contribution in [0.5, 0.6) is 0 Å². The molecule has 1 aromatic heterocycles. The lowest BCUT2D eigenvalue weighted by molar-refractivity contribution is 0.121. The summed E-state index contributed by atoms with van der Waals surface area (Å²) < 4.78 is 5.53. The Bertz CT molecular complexity index is 356. The maximum Gasteiger partial charge on any atom is 0.128 e. The molecule has 4 heteroatoms. The minimum absolute atomic E-state index is 0.268. The van der Waals surface area contributed by atoms with Gasteiger partial charge in [0.1, 0.15) is 11.6 Å². The molecule has 1 aliphatic heterocycles. The molecule has 2 unspecified atom stereocenters. The van der Waals surface area contributed by atoms with Crippen LogP contribution in [0.25, 0.3) is 0 Å². The molecular weight excluding hydrogens is 214 g/mol. The molecule has 0 bridgehead atoms. The number of pyridine rings is 1. The number of hydrogen-bond acceptors (Lipinski definition) is 4. The van der Waals surface area contributed by atoms with Crippen molar-refractivity contribution in [3.63, 3.8) is 0 Å². The Morgan fingerprint density at radius 1 is 1.41 bits per heavy atom. The molecule has 2 atom stereocenters. The molecule has 0 aromatic carbocycles. The monoisotopic (exact) mass is 235 g/mol. The normalized spacial score (nSPS) is 23.6. The fourth-order valence-electron chi connectivity index (χ4n) is 1.98. The minimum Gasteiger partial charge on any atom is -0.376 e. The van der Waals surface area contributed by atoms with Gasteiger partial charge in [0, 0.05) is 13.2 Å². The first-order chi connectivity index (χ1) is 8.29. The highest BCUT2D eigenvalue weighted by Gasteiger charge is 2.24. The highest BCUT2D eigenvalue weighted by atomic mass is 16.5. The van der Waals surface area contributed by atoms with E-state index in [1.165, 1.54) is 0 Å². The topological polar surface area (TPSA) is 46.2 Å². The van der Waals surface area contributed by atoms with Crippen LogP contribution in [0.1, 0.15) is 26.7 Å². The summed E-state index contributed by atoms with van der Waals surface area (Å²) in [6, 6.07) is 6.40. The number of ether oxygens (including phenoxy) is 1. The van der Waals surface area contributed by atoms with Crippen LogP contribution in [0.2, 0.25) is 0 Å². The second kappa shape index (κ2) is 5.87. The van der Waals surface area contributed by atoms with E-state index in [0.717, 1.165) is 37.6 Å². The van der Waals surface area contributed by atoms with Gasteiger partial charge in [0.15, 0.2) is 0 Å². The van der Waals surface area contributed by atoms with Crippen LogP contribution in [0.3, 0.4) is 0 Å². The van der Waals surface area contributed by atoms with Crippen LogP contribution in [0.15, 0.2) is 18.2 Å². The summed E-state index contributed by atoms with van der Waals surface area (Å²) in [6.07, 6.45) is 2.42. The Morgan fingerprint density at radius 3 is 2.94 bits per heavy atom. The molecule has 17 heavy (non-hydrogen) atoms. The number of aromatic nitrogens is 1. The van der Waals surface area contributed by atoms with Crippen molar-refractivity contribution in [2.45, 2.75) is 38.8 Å². The van der Waals surface area contributed by atoms with E-state index in [2.05, 4.69) is 29.5 Å². The van der Waals surface area contributed by atoms with Gasteiger partial charge in [0.05, 0.1) is 12.1 Å². The third-order valence-corrected chi connectivity index (χ3v) is 3.01. The summed E-state index contributed by atoms with van der Waals surface area (Å²) in [7, 11) is 0. The third kappa shape index (κ3) is 3.33. The molecule has 0 spiro atoms. The summed E-state index contributed by atoms with van der Waals surface area (Å²) >= 11 is 0. The average molecular weight is 235 g/mol. The lowest BCUT2D eigenvalue weighted by atomic mass is 10.1. The van der Waals surface area contributed by atoms with Gasteiger partial charge in [-0.05, 0) is 31.9 Å². The van der Waals surface area contributed by atoms with E-state index in [4.69, 9.17) is 4.74 Å². The maximum atomic E-state index is 5.53. The third-order valence-electron chi connectivity index (χ3n) is 3.01. The molecule has 94 valence electrons. The molecular formula is C13H21N3O. The first-order valence-electron chi connectivity index (χ1n) is 6.38. The first-order valence-corrected chi connectivity index (χ1v) is 6.38. The van der Waals surface area contributed by atoms with Crippen LogP contribution in [0, 0.1) is 0 Å². The fraction of sp³-hybridized carbons (Fsp3) is 0.615. The van der Waals surface area contributed by atoms with Crippen molar-refractivity contribution >= 4 is 11.6 Å². The number of rotatable bonds is 5. The number of nitrogens with one attached hydrogen (secondary N) is 2.